The number of hydrogen-bond acceptors (Lipinski definition) is 3. The second-order valence-corrected chi connectivity index (χ2v) is 6.81. The van der Waals surface area contributed by atoms with Gasteiger partial charge in [0.05, 0.1) is 18.8 Å². The Morgan fingerprint density at radius 2 is 2.16 bits per heavy atom. The fourth-order valence-corrected chi connectivity index (χ4v) is 3.43. The lowest BCUT2D eigenvalue weighted by Crippen LogP contribution is -2.50. The van der Waals surface area contributed by atoms with Gasteiger partial charge >= 0.3 is 0 Å². The molecule has 0 aromatic heterocycles. The predicted molar refractivity (Wildman–Crippen MR) is 83.2 cm³/mol. The minimum Gasteiger partial charge on any atom is -0.390 e. The first kappa shape index (κ1) is 13.8. The minimum atomic E-state index is -0.401. The molecule has 0 saturated carbocycles. The van der Waals surface area contributed by atoms with Crippen LogP contribution in [0.5, 0.6) is 0 Å². The van der Waals surface area contributed by atoms with Gasteiger partial charge in [-0.15, -0.1) is 0 Å². The quantitative estimate of drug-likeness (QED) is 0.824. The van der Waals surface area contributed by atoms with Crippen LogP contribution in [0, 0.1) is 3.57 Å². The van der Waals surface area contributed by atoms with Gasteiger partial charge in [0.15, 0.2) is 0 Å². The third-order valence-corrected chi connectivity index (χ3v) is 4.92. The molecule has 4 heteroatoms. The highest BCUT2D eigenvalue weighted by Crippen LogP contribution is 2.24. The van der Waals surface area contributed by atoms with E-state index in [-0.39, 0.29) is 6.10 Å². The molecule has 3 unspecified atom stereocenters. The van der Waals surface area contributed by atoms with Crippen molar-refractivity contribution in [1.29, 1.82) is 0 Å². The number of hydrogen-bond donors (Lipinski definition) is 1. The van der Waals surface area contributed by atoms with Gasteiger partial charge in [-0.1, -0.05) is 12.1 Å². The molecule has 2 heterocycles. The molecule has 1 aromatic rings. The van der Waals surface area contributed by atoms with Crippen LogP contribution in [0.4, 0.5) is 0 Å². The van der Waals surface area contributed by atoms with E-state index in [1.165, 1.54) is 28.5 Å². The maximum atomic E-state index is 10.4. The Kier molecular flexibility index (Phi) is 4.41. The standard InChI is InChI=1S/C15H20INO2/c16-12-5-3-11(4-6-12)8-14(18)15-9-17-7-1-2-13(17)10-19-15/h3-6,13-15,18H,1-2,7-10H2. The van der Waals surface area contributed by atoms with Crippen molar-refractivity contribution in [3.05, 3.63) is 33.4 Å². The Morgan fingerprint density at radius 3 is 2.95 bits per heavy atom. The topological polar surface area (TPSA) is 32.7 Å². The van der Waals surface area contributed by atoms with Gasteiger partial charge in [-0.05, 0) is 59.7 Å². The van der Waals surface area contributed by atoms with Crippen molar-refractivity contribution in [2.24, 2.45) is 0 Å². The first-order chi connectivity index (χ1) is 9.22. The summed E-state index contributed by atoms with van der Waals surface area (Å²) in [4.78, 5) is 2.48. The first-order valence-electron chi connectivity index (χ1n) is 7.00. The van der Waals surface area contributed by atoms with E-state index in [4.69, 9.17) is 4.74 Å². The van der Waals surface area contributed by atoms with Gasteiger partial charge in [0.25, 0.3) is 0 Å². The fraction of sp³-hybridized carbons (Fsp3) is 0.600. The summed E-state index contributed by atoms with van der Waals surface area (Å²) in [5.41, 5.74) is 1.18. The maximum absolute atomic E-state index is 10.4. The summed E-state index contributed by atoms with van der Waals surface area (Å²) in [5.74, 6) is 0. The lowest BCUT2D eigenvalue weighted by molar-refractivity contribution is -0.101. The van der Waals surface area contributed by atoms with E-state index in [0.717, 1.165) is 13.2 Å². The highest BCUT2D eigenvalue weighted by Gasteiger charge is 2.35. The van der Waals surface area contributed by atoms with E-state index in [1.54, 1.807) is 0 Å². The molecule has 0 radical (unpaired) electrons. The lowest BCUT2D eigenvalue weighted by Gasteiger charge is -2.37. The van der Waals surface area contributed by atoms with Crippen molar-refractivity contribution in [2.75, 3.05) is 19.7 Å². The summed E-state index contributed by atoms with van der Waals surface area (Å²) in [6, 6.07) is 8.95. The Balaban J connectivity index is 1.58. The number of aliphatic hydroxyl groups excluding tert-OH is 1. The van der Waals surface area contributed by atoms with Gasteiger partial charge in [-0.25, -0.2) is 0 Å². The van der Waals surface area contributed by atoms with E-state index in [1.807, 2.05) is 0 Å². The molecule has 1 aromatic carbocycles. The molecular formula is C15H20INO2. The fourth-order valence-electron chi connectivity index (χ4n) is 3.07. The van der Waals surface area contributed by atoms with E-state index in [0.29, 0.717) is 12.5 Å². The number of rotatable bonds is 3. The molecule has 2 aliphatic heterocycles. The molecule has 0 aliphatic carbocycles. The zero-order valence-electron chi connectivity index (χ0n) is 11.0. The summed E-state index contributed by atoms with van der Waals surface area (Å²) in [6.45, 7) is 2.84. The third kappa shape index (κ3) is 3.29. The molecular weight excluding hydrogens is 353 g/mol. The molecule has 104 valence electrons. The summed E-state index contributed by atoms with van der Waals surface area (Å²) in [7, 11) is 0. The molecule has 2 aliphatic rings. The second-order valence-electron chi connectivity index (χ2n) is 5.56. The van der Waals surface area contributed by atoms with Crippen LogP contribution in [0.25, 0.3) is 0 Å². The monoisotopic (exact) mass is 373 g/mol. The van der Waals surface area contributed by atoms with Crippen LogP contribution in [-0.4, -0.2) is 48.0 Å². The van der Waals surface area contributed by atoms with E-state index < -0.39 is 6.10 Å². The molecule has 2 fully saturated rings. The number of halogens is 1. The summed E-state index contributed by atoms with van der Waals surface area (Å²) in [5, 5.41) is 10.4. The largest absolute Gasteiger partial charge is 0.390 e. The van der Waals surface area contributed by atoms with Crippen molar-refractivity contribution in [1.82, 2.24) is 4.90 Å². The van der Waals surface area contributed by atoms with E-state index in [9.17, 15) is 5.11 Å². The molecule has 19 heavy (non-hydrogen) atoms. The average Bonchev–Trinajstić information content (AvgIpc) is 2.88. The number of morpholine rings is 1. The van der Waals surface area contributed by atoms with Crippen LogP contribution in [0.2, 0.25) is 0 Å². The van der Waals surface area contributed by atoms with Gasteiger partial charge in [-0.2, -0.15) is 0 Å². The number of fused-ring (bicyclic) bond motifs is 1. The predicted octanol–water partition coefficient (Wildman–Crippen LogP) is 2.06. The van der Waals surface area contributed by atoms with Gasteiger partial charge in [0.1, 0.15) is 0 Å². The van der Waals surface area contributed by atoms with Gasteiger partial charge in [-0.3, -0.25) is 4.90 Å². The average molecular weight is 373 g/mol. The SMILES string of the molecule is OC(Cc1ccc(I)cc1)C1CN2CCCC2CO1. The van der Waals surface area contributed by atoms with Crippen LogP contribution in [0.3, 0.4) is 0 Å². The van der Waals surface area contributed by atoms with Gasteiger partial charge < -0.3 is 9.84 Å². The van der Waals surface area contributed by atoms with Gasteiger partial charge in [0.2, 0.25) is 0 Å². The van der Waals surface area contributed by atoms with Crippen molar-refractivity contribution >= 4 is 22.6 Å². The highest BCUT2D eigenvalue weighted by atomic mass is 127. The van der Waals surface area contributed by atoms with Crippen LogP contribution < -0.4 is 0 Å². The van der Waals surface area contributed by atoms with Crippen LogP contribution in [-0.2, 0) is 11.2 Å². The van der Waals surface area contributed by atoms with E-state index >= 15 is 0 Å². The smallest absolute Gasteiger partial charge is 0.0964 e. The normalized spacial score (nSPS) is 29.2. The summed E-state index contributed by atoms with van der Waals surface area (Å²) < 4.78 is 7.08. The molecule has 3 nitrogen and oxygen atoms in total. The van der Waals surface area contributed by atoms with Crippen molar-refractivity contribution in [3.63, 3.8) is 0 Å². The van der Waals surface area contributed by atoms with Crippen LogP contribution in [0.15, 0.2) is 24.3 Å². The summed E-state index contributed by atoms with van der Waals surface area (Å²) in [6.07, 6.45) is 2.77. The van der Waals surface area contributed by atoms with E-state index in [2.05, 4.69) is 51.8 Å². The first-order valence-corrected chi connectivity index (χ1v) is 8.08. The third-order valence-electron chi connectivity index (χ3n) is 4.20. The van der Waals surface area contributed by atoms with Crippen molar-refractivity contribution in [3.8, 4) is 0 Å². The molecule has 2 saturated heterocycles. The summed E-state index contributed by atoms with van der Waals surface area (Å²) >= 11 is 2.30. The molecule has 0 amide bonds. The molecule has 0 bridgehead atoms. The lowest BCUT2D eigenvalue weighted by atomic mass is 10.0. The Morgan fingerprint density at radius 1 is 1.37 bits per heavy atom. The highest BCUT2D eigenvalue weighted by molar-refractivity contribution is 14.1. The van der Waals surface area contributed by atoms with Crippen molar-refractivity contribution in [2.45, 2.75) is 37.5 Å². The number of aliphatic hydroxyl groups is 1. The zero-order chi connectivity index (χ0) is 13.2. The second kappa shape index (κ2) is 6.08. The number of nitrogens with zero attached hydrogens (tertiary/aromatic N) is 1. The molecule has 3 atom stereocenters. The maximum Gasteiger partial charge on any atom is 0.0964 e. The molecule has 0 spiro atoms. The minimum absolute atomic E-state index is 0.0337. The number of ether oxygens (including phenoxy) is 1. The van der Waals surface area contributed by atoms with Crippen LogP contribution in [0.1, 0.15) is 18.4 Å². The van der Waals surface area contributed by atoms with Crippen molar-refractivity contribution < 1.29 is 9.84 Å². The van der Waals surface area contributed by atoms with Crippen LogP contribution >= 0.6 is 22.6 Å². The zero-order valence-corrected chi connectivity index (χ0v) is 13.1. The molecule has 3 rings (SSSR count). The Bertz CT molecular complexity index is 423. The van der Waals surface area contributed by atoms with Gasteiger partial charge in [0, 0.05) is 22.6 Å². The Labute approximate surface area is 128 Å². The Hall–Kier alpha value is -0.170. The molecule has 1 N–H and O–H groups in total. The number of benzene rings is 1.